The van der Waals surface area contributed by atoms with Crippen molar-refractivity contribution in [3.8, 4) is 0 Å². The van der Waals surface area contributed by atoms with Gasteiger partial charge < -0.3 is 5.32 Å². The van der Waals surface area contributed by atoms with E-state index in [9.17, 15) is 22.0 Å². The average Bonchev–Trinajstić information content (AvgIpc) is 2.84. The summed E-state index contributed by atoms with van der Waals surface area (Å²) in [5.74, 6) is -3.92. The van der Waals surface area contributed by atoms with Gasteiger partial charge in [0, 0.05) is 23.8 Å². The molecule has 0 saturated heterocycles. The molecule has 1 atom stereocenters. The summed E-state index contributed by atoms with van der Waals surface area (Å²) in [5, 5.41) is 2.56. The van der Waals surface area contributed by atoms with Crippen LogP contribution in [0.15, 0.2) is 29.2 Å². The topological polar surface area (TPSA) is 63.2 Å². The van der Waals surface area contributed by atoms with Crippen LogP contribution < -0.4 is 5.32 Å². The van der Waals surface area contributed by atoms with E-state index in [4.69, 9.17) is 0 Å². The number of hydrogen-bond donors (Lipinski definition) is 1. The molecule has 0 heterocycles. The van der Waals surface area contributed by atoms with Crippen LogP contribution in [0.2, 0.25) is 0 Å². The van der Waals surface area contributed by atoms with E-state index in [0.717, 1.165) is 19.1 Å². The second kappa shape index (κ2) is 5.26. The van der Waals surface area contributed by atoms with Crippen LogP contribution in [0.25, 0.3) is 0 Å². The first-order valence-corrected chi connectivity index (χ1v) is 9.54. The van der Waals surface area contributed by atoms with Gasteiger partial charge in [-0.25, -0.2) is 17.2 Å². The van der Waals surface area contributed by atoms with Crippen molar-refractivity contribution in [3.05, 3.63) is 29.8 Å². The van der Waals surface area contributed by atoms with Gasteiger partial charge in [0.2, 0.25) is 0 Å². The number of carbonyl (C=O) groups excluding carboxylic acids is 1. The molecule has 0 aliphatic heterocycles. The number of hydrogen-bond acceptors (Lipinski definition) is 3. The van der Waals surface area contributed by atoms with E-state index in [0.29, 0.717) is 12.8 Å². The van der Waals surface area contributed by atoms with Gasteiger partial charge in [0.25, 0.3) is 11.8 Å². The number of alkyl halides is 2. The van der Waals surface area contributed by atoms with Crippen molar-refractivity contribution in [2.24, 2.45) is 11.3 Å². The molecule has 1 aromatic carbocycles. The van der Waals surface area contributed by atoms with E-state index < -0.39 is 33.0 Å². The Kier molecular flexibility index (Phi) is 3.74. The summed E-state index contributed by atoms with van der Waals surface area (Å²) in [6.45, 7) is -0.0420. The van der Waals surface area contributed by atoms with Crippen molar-refractivity contribution < 1.29 is 22.0 Å². The molecule has 23 heavy (non-hydrogen) atoms. The molecular weight excluding hydrogens is 324 g/mol. The van der Waals surface area contributed by atoms with Crippen LogP contribution in [0.1, 0.15) is 36.0 Å². The Balaban J connectivity index is 1.62. The summed E-state index contributed by atoms with van der Waals surface area (Å²) in [7, 11) is -3.32. The van der Waals surface area contributed by atoms with Crippen molar-refractivity contribution in [2.75, 3.05) is 12.8 Å². The van der Waals surface area contributed by atoms with Crippen molar-refractivity contribution in [2.45, 2.75) is 36.5 Å². The third-order valence-corrected chi connectivity index (χ3v) is 6.32. The Bertz CT molecular complexity index is 722. The Morgan fingerprint density at radius 1 is 1.22 bits per heavy atom. The van der Waals surface area contributed by atoms with Crippen molar-refractivity contribution >= 4 is 15.7 Å². The van der Waals surface area contributed by atoms with E-state index in [-0.39, 0.29) is 17.0 Å². The molecule has 7 heteroatoms. The number of rotatable bonds is 4. The van der Waals surface area contributed by atoms with Crippen LogP contribution in [0.5, 0.6) is 0 Å². The molecular formula is C16H19F2NO3S. The highest BCUT2D eigenvalue weighted by Crippen LogP contribution is 2.72. The van der Waals surface area contributed by atoms with Gasteiger partial charge in [0.05, 0.1) is 10.8 Å². The summed E-state index contributed by atoms with van der Waals surface area (Å²) >= 11 is 0. The zero-order valence-corrected chi connectivity index (χ0v) is 13.6. The predicted octanol–water partition coefficient (Wildman–Crippen LogP) is 2.65. The second-order valence-electron chi connectivity index (χ2n) is 6.55. The molecule has 0 bridgehead atoms. The molecule has 1 aromatic rings. The van der Waals surface area contributed by atoms with Crippen molar-refractivity contribution in [1.29, 1.82) is 0 Å². The van der Waals surface area contributed by atoms with Gasteiger partial charge in [-0.2, -0.15) is 0 Å². The molecule has 1 unspecified atom stereocenters. The lowest BCUT2D eigenvalue weighted by molar-refractivity contribution is 0.0584. The quantitative estimate of drug-likeness (QED) is 0.914. The normalized spacial score (nSPS) is 24.6. The van der Waals surface area contributed by atoms with Gasteiger partial charge in [0.1, 0.15) is 0 Å². The number of amides is 1. The van der Waals surface area contributed by atoms with E-state index in [1.165, 1.54) is 24.3 Å². The predicted molar refractivity (Wildman–Crippen MR) is 81.2 cm³/mol. The van der Waals surface area contributed by atoms with E-state index in [2.05, 4.69) is 5.32 Å². The zero-order valence-electron chi connectivity index (χ0n) is 12.8. The maximum atomic E-state index is 14.0. The maximum absolute atomic E-state index is 14.0. The minimum absolute atomic E-state index is 0.0420. The third-order valence-electron chi connectivity index (χ3n) is 5.19. The third kappa shape index (κ3) is 2.65. The molecule has 1 spiro atoms. The largest absolute Gasteiger partial charge is 0.352 e. The van der Waals surface area contributed by atoms with Gasteiger partial charge in [-0.1, -0.05) is 12.8 Å². The van der Waals surface area contributed by atoms with Gasteiger partial charge in [-0.15, -0.1) is 0 Å². The number of nitrogens with one attached hydrogen (secondary N) is 1. The first-order chi connectivity index (χ1) is 10.7. The highest BCUT2D eigenvalue weighted by Gasteiger charge is 2.79. The minimum atomic E-state index is -3.32. The van der Waals surface area contributed by atoms with E-state index >= 15 is 0 Å². The Morgan fingerprint density at radius 2 is 1.78 bits per heavy atom. The fourth-order valence-corrected chi connectivity index (χ4v) is 4.38. The second-order valence-corrected chi connectivity index (χ2v) is 8.56. The number of sulfone groups is 1. The Morgan fingerprint density at radius 3 is 2.30 bits per heavy atom. The van der Waals surface area contributed by atoms with E-state index in [1.807, 2.05) is 0 Å². The van der Waals surface area contributed by atoms with Crippen LogP contribution in [0.4, 0.5) is 8.78 Å². The fourth-order valence-electron chi connectivity index (χ4n) is 3.75. The lowest BCUT2D eigenvalue weighted by atomic mass is 10.0. The molecule has 1 N–H and O–H groups in total. The minimum Gasteiger partial charge on any atom is -0.352 e. The number of benzene rings is 1. The smallest absolute Gasteiger partial charge is 0.259 e. The summed E-state index contributed by atoms with van der Waals surface area (Å²) in [6.07, 6.45) is 3.80. The monoisotopic (exact) mass is 343 g/mol. The van der Waals surface area contributed by atoms with Crippen molar-refractivity contribution in [1.82, 2.24) is 5.32 Å². The molecule has 2 aliphatic rings. The standard InChI is InChI=1S/C16H19F2NO3S/c1-23(21,22)12-6-4-11(5-7-12)14(20)19-10-13-15(16(13,17)18)8-2-3-9-15/h4-7,13H,2-3,8-10H2,1H3,(H,19,20). The lowest BCUT2D eigenvalue weighted by Crippen LogP contribution is -2.27. The molecule has 0 aromatic heterocycles. The molecule has 2 saturated carbocycles. The summed E-state index contributed by atoms with van der Waals surface area (Å²) in [5.41, 5.74) is -0.637. The van der Waals surface area contributed by atoms with Crippen LogP contribution in [0.3, 0.4) is 0 Å². The van der Waals surface area contributed by atoms with Gasteiger partial charge in [0.15, 0.2) is 9.84 Å². The molecule has 3 rings (SSSR count). The van der Waals surface area contributed by atoms with Gasteiger partial charge >= 0.3 is 0 Å². The lowest BCUT2D eigenvalue weighted by Gasteiger charge is -2.07. The van der Waals surface area contributed by atoms with Crippen LogP contribution >= 0.6 is 0 Å². The van der Waals surface area contributed by atoms with Crippen LogP contribution in [0, 0.1) is 11.3 Å². The fraction of sp³-hybridized carbons (Fsp3) is 0.562. The highest BCUT2D eigenvalue weighted by molar-refractivity contribution is 7.90. The molecule has 0 radical (unpaired) electrons. The molecule has 2 fully saturated rings. The molecule has 2 aliphatic carbocycles. The van der Waals surface area contributed by atoms with Crippen molar-refractivity contribution in [3.63, 3.8) is 0 Å². The Hall–Kier alpha value is -1.50. The number of carbonyl (C=O) groups is 1. The summed E-state index contributed by atoms with van der Waals surface area (Å²) < 4.78 is 50.7. The molecule has 1 amide bonds. The highest BCUT2D eigenvalue weighted by atomic mass is 32.2. The first-order valence-electron chi connectivity index (χ1n) is 7.65. The maximum Gasteiger partial charge on any atom is 0.259 e. The summed E-state index contributed by atoms with van der Waals surface area (Å²) in [4.78, 5) is 12.2. The number of halogens is 2. The van der Waals surface area contributed by atoms with Gasteiger partial charge in [-0.05, 0) is 37.1 Å². The van der Waals surface area contributed by atoms with Gasteiger partial charge in [-0.3, -0.25) is 4.79 Å². The van der Waals surface area contributed by atoms with E-state index in [1.54, 1.807) is 0 Å². The van der Waals surface area contributed by atoms with Crippen LogP contribution in [-0.4, -0.2) is 33.0 Å². The summed E-state index contributed by atoms with van der Waals surface area (Å²) in [6, 6.07) is 5.47. The first kappa shape index (κ1) is 16.4. The van der Waals surface area contributed by atoms with Crippen LogP contribution in [-0.2, 0) is 9.84 Å². The zero-order chi connectivity index (χ0) is 16.9. The molecule has 4 nitrogen and oxygen atoms in total. The molecule has 126 valence electrons. The average molecular weight is 343 g/mol. The Labute approximate surface area is 134 Å². The SMILES string of the molecule is CS(=O)(=O)c1ccc(C(=O)NCC2C(F)(F)C23CCCC3)cc1.